The van der Waals surface area contributed by atoms with Gasteiger partial charge in [0.1, 0.15) is 0 Å². The van der Waals surface area contributed by atoms with E-state index >= 15 is 0 Å². The van der Waals surface area contributed by atoms with Gasteiger partial charge in [0.2, 0.25) is 0 Å². The van der Waals surface area contributed by atoms with E-state index in [0.29, 0.717) is 0 Å². The van der Waals surface area contributed by atoms with Crippen molar-refractivity contribution in [2.75, 3.05) is 0 Å². The van der Waals surface area contributed by atoms with E-state index in [1.165, 1.54) is 154 Å². The Morgan fingerprint density at radius 3 is 0.719 bits per heavy atom. The molecule has 32 heavy (non-hydrogen) atoms. The van der Waals surface area contributed by atoms with Gasteiger partial charge in [0.25, 0.3) is 0 Å². The summed E-state index contributed by atoms with van der Waals surface area (Å²) >= 11 is 0. The first-order valence-corrected chi connectivity index (χ1v) is 14.9. The zero-order valence-corrected chi connectivity index (χ0v) is 22.4. The summed E-state index contributed by atoms with van der Waals surface area (Å²) in [6.45, 7) is 4.56. The molecule has 0 aromatic carbocycles. The van der Waals surface area contributed by atoms with Crippen molar-refractivity contribution in [2.24, 2.45) is 0 Å². The van der Waals surface area contributed by atoms with Crippen molar-refractivity contribution in [1.82, 2.24) is 0 Å². The minimum atomic E-state index is 1.29. The third kappa shape index (κ3) is 29.2. The lowest BCUT2D eigenvalue weighted by Crippen LogP contribution is -1.80. The summed E-state index contributed by atoms with van der Waals surface area (Å²) in [5, 5.41) is 0. The van der Waals surface area contributed by atoms with E-state index in [1.54, 1.807) is 0 Å². The molecule has 0 saturated carbocycles. The Hall–Kier alpha value is -0.780. The normalized spacial score (nSPS) is 12.2. The Morgan fingerprint density at radius 1 is 0.250 bits per heavy atom. The summed E-state index contributed by atoms with van der Waals surface area (Å²) in [6, 6.07) is 0. The van der Waals surface area contributed by atoms with Crippen molar-refractivity contribution in [3.8, 4) is 0 Å². The van der Waals surface area contributed by atoms with Gasteiger partial charge < -0.3 is 0 Å². The molecule has 0 N–H and O–H groups in total. The van der Waals surface area contributed by atoms with Gasteiger partial charge in [-0.1, -0.05) is 127 Å². The van der Waals surface area contributed by atoms with Crippen LogP contribution in [0.25, 0.3) is 0 Å². The van der Waals surface area contributed by atoms with Crippen LogP contribution in [0.2, 0.25) is 0 Å². The van der Waals surface area contributed by atoms with Crippen LogP contribution in [0.3, 0.4) is 0 Å². The maximum Gasteiger partial charge on any atom is -0.0351 e. The highest BCUT2D eigenvalue weighted by Crippen LogP contribution is 2.11. The van der Waals surface area contributed by atoms with Gasteiger partial charge in [-0.2, -0.15) is 0 Å². The van der Waals surface area contributed by atoms with Gasteiger partial charge in [-0.25, -0.2) is 0 Å². The van der Waals surface area contributed by atoms with E-state index in [9.17, 15) is 0 Å². The quantitative estimate of drug-likeness (QED) is 0.0918. The molecule has 0 rings (SSSR count). The van der Waals surface area contributed by atoms with Crippen LogP contribution >= 0.6 is 0 Å². The third-order valence-electron chi connectivity index (χ3n) is 6.43. The Balaban J connectivity index is 3.15. The molecule has 0 saturated heterocycles. The molecule has 0 amide bonds. The largest absolute Gasteiger partial charge is 0.0885 e. The standard InChI is InChI=1S/C32H60/c1-3-5-7-9-11-13-15-17-19-21-23-25-27-29-31-32-30-28-26-24-22-20-18-16-14-12-10-8-6-4-2/h11,13-14,16,31-32H,3-10,12,15,17-30H2,1-2H3/b13-11-,16-14?,32-31?. The predicted octanol–water partition coefficient (Wildman–Crippen LogP) is 12.1. The molecule has 0 aliphatic heterocycles. The summed E-state index contributed by atoms with van der Waals surface area (Å²) in [4.78, 5) is 0. The SMILES string of the molecule is CCCCC/C=C\CCCCCCCCC=CCCCCCCCC=CCCCCCC. The molecular formula is C32H60. The van der Waals surface area contributed by atoms with E-state index in [-0.39, 0.29) is 0 Å². The van der Waals surface area contributed by atoms with Crippen molar-refractivity contribution in [3.05, 3.63) is 36.5 Å². The fourth-order valence-electron chi connectivity index (χ4n) is 4.19. The van der Waals surface area contributed by atoms with Crippen LogP contribution in [0.15, 0.2) is 36.5 Å². The van der Waals surface area contributed by atoms with Gasteiger partial charge in [-0.3, -0.25) is 0 Å². The van der Waals surface area contributed by atoms with Crippen LogP contribution in [0.1, 0.15) is 168 Å². The molecule has 0 fully saturated rings. The number of hydrogen-bond acceptors (Lipinski definition) is 0. The summed E-state index contributed by atoms with van der Waals surface area (Å²) in [5.41, 5.74) is 0. The third-order valence-corrected chi connectivity index (χ3v) is 6.43. The lowest BCUT2D eigenvalue weighted by molar-refractivity contribution is 0.598. The van der Waals surface area contributed by atoms with Crippen LogP contribution in [0, 0.1) is 0 Å². The zero-order chi connectivity index (χ0) is 23.2. The summed E-state index contributed by atoms with van der Waals surface area (Å²) < 4.78 is 0. The smallest absolute Gasteiger partial charge is 0.0351 e. The second-order valence-electron chi connectivity index (χ2n) is 9.80. The van der Waals surface area contributed by atoms with Crippen LogP contribution in [0.5, 0.6) is 0 Å². The summed E-state index contributed by atoms with van der Waals surface area (Å²) in [7, 11) is 0. The lowest BCUT2D eigenvalue weighted by Gasteiger charge is -2.00. The summed E-state index contributed by atoms with van der Waals surface area (Å²) in [6.07, 6.45) is 47.4. The Morgan fingerprint density at radius 2 is 0.438 bits per heavy atom. The summed E-state index contributed by atoms with van der Waals surface area (Å²) in [5.74, 6) is 0. The molecule has 188 valence electrons. The second-order valence-corrected chi connectivity index (χ2v) is 9.80. The highest BCUT2D eigenvalue weighted by atomic mass is 14.0. The molecule has 0 aliphatic rings. The monoisotopic (exact) mass is 444 g/mol. The second kappa shape index (κ2) is 30.2. The van der Waals surface area contributed by atoms with E-state index in [2.05, 4.69) is 50.3 Å². The maximum atomic E-state index is 2.44. The van der Waals surface area contributed by atoms with Gasteiger partial charge in [-0.05, 0) is 77.0 Å². The van der Waals surface area contributed by atoms with Crippen LogP contribution < -0.4 is 0 Å². The number of hydrogen-bond donors (Lipinski definition) is 0. The minimum absolute atomic E-state index is 1.29. The molecule has 0 spiro atoms. The van der Waals surface area contributed by atoms with Crippen LogP contribution in [-0.4, -0.2) is 0 Å². The molecule has 0 nitrogen and oxygen atoms in total. The Labute approximate surface area is 204 Å². The van der Waals surface area contributed by atoms with Crippen molar-refractivity contribution < 1.29 is 0 Å². The zero-order valence-electron chi connectivity index (χ0n) is 22.4. The molecule has 0 radical (unpaired) electrons. The molecule has 0 heterocycles. The molecule has 0 aromatic rings. The van der Waals surface area contributed by atoms with Gasteiger partial charge in [-0.15, -0.1) is 0 Å². The van der Waals surface area contributed by atoms with E-state index in [4.69, 9.17) is 0 Å². The number of allylic oxidation sites excluding steroid dienone is 6. The first kappa shape index (κ1) is 31.2. The van der Waals surface area contributed by atoms with E-state index < -0.39 is 0 Å². The van der Waals surface area contributed by atoms with Crippen LogP contribution in [0.4, 0.5) is 0 Å². The first-order chi connectivity index (χ1) is 15.9. The molecule has 0 aliphatic carbocycles. The van der Waals surface area contributed by atoms with Crippen molar-refractivity contribution in [1.29, 1.82) is 0 Å². The first-order valence-electron chi connectivity index (χ1n) is 14.9. The van der Waals surface area contributed by atoms with Gasteiger partial charge >= 0.3 is 0 Å². The predicted molar refractivity (Wildman–Crippen MR) is 150 cm³/mol. The highest BCUT2D eigenvalue weighted by Gasteiger charge is 1.92. The average Bonchev–Trinajstić information content (AvgIpc) is 2.81. The number of unbranched alkanes of at least 4 members (excludes halogenated alkanes) is 20. The minimum Gasteiger partial charge on any atom is -0.0885 e. The van der Waals surface area contributed by atoms with E-state index in [0.717, 1.165) is 0 Å². The molecule has 0 bridgehead atoms. The highest BCUT2D eigenvalue weighted by molar-refractivity contribution is 4.83. The fraction of sp³-hybridized carbons (Fsp3) is 0.812. The van der Waals surface area contributed by atoms with Crippen molar-refractivity contribution in [2.45, 2.75) is 168 Å². The molecule has 0 unspecified atom stereocenters. The number of rotatable bonds is 26. The molecule has 0 aromatic heterocycles. The Kier molecular flexibility index (Phi) is 29.5. The molecular weight excluding hydrogens is 384 g/mol. The average molecular weight is 445 g/mol. The molecule has 0 atom stereocenters. The van der Waals surface area contributed by atoms with Crippen molar-refractivity contribution >= 4 is 0 Å². The maximum absolute atomic E-state index is 2.44. The van der Waals surface area contributed by atoms with Gasteiger partial charge in [0, 0.05) is 0 Å². The Bertz CT molecular complexity index is 400. The molecule has 0 heteroatoms. The van der Waals surface area contributed by atoms with Crippen LogP contribution in [-0.2, 0) is 0 Å². The van der Waals surface area contributed by atoms with Gasteiger partial charge in [0.15, 0.2) is 0 Å². The lowest BCUT2D eigenvalue weighted by atomic mass is 10.1. The van der Waals surface area contributed by atoms with Crippen molar-refractivity contribution in [3.63, 3.8) is 0 Å². The topological polar surface area (TPSA) is 0 Å². The fourth-order valence-corrected chi connectivity index (χ4v) is 4.19. The van der Waals surface area contributed by atoms with E-state index in [1.807, 2.05) is 0 Å². The van der Waals surface area contributed by atoms with Gasteiger partial charge in [0.05, 0.1) is 0 Å².